The number of aliphatic hydroxyl groups excluding tert-OH is 1. The summed E-state index contributed by atoms with van der Waals surface area (Å²) < 4.78 is 5.59. The van der Waals surface area contributed by atoms with E-state index in [-0.39, 0.29) is 11.7 Å². The number of hydrogen-bond donors (Lipinski definition) is 1. The van der Waals surface area contributed by atoms with Crippen LogP contribution in [0.1, 0.15) is 25.7 Å². The Kier molecular flexibility index (Phi) is 1.74. The Labute approximate surface area is 66.9 Å². The second-order valence-electron chi connectivity index (χ2n) is 3.57. The van der Waals surface area contributed by atoms with Crippen molar-refractivity contribution >= 4 is 0 Å². The van der Waals surface area contributed by atoms with Gasteiger partial charge < -0.3 is 9.84 Å². The molecule has 0 saturated carbocycles. The molecule has 0 radical (unpaired) electrons. The lowest BCUT2D eigenvalue weighted by Crippen LogP contribution is -2.28. The molecule has 2 unspecified atom stereocenters. The van der Waals surface area contributed by atoms with Crippen LogP contribution in [0.15, 0.2) is 12.2 Å². The SMILES string of the molecule is OC1COC2(CC=CCC2)C1. The van der Waals surface area contributed by atoms with E-state index < -0.39 is 0 Å². The van der Waals surface area contributed by atoms with E-state index in [2.05, 4.69) is 12.2 Å². The summed E-state index contributed by atoms with van der Waals surface area (Å²) in [4.78, 5) is 0. The first-order chi connectivity index (χ1) is 5.31. The largest absolute Gasteiger partial charge is 0.391 e. The van der Waals surface area contributed by atoms with Crippen LogP contribution in [0.3, 0.4) is 0 Å². The molecule has 11 heavy (non-hydrogen) atoms. The topological polar surface area (TPSA) is 29.5 Å². The quantitative estimate of drug-likeness (QED) is 0.532. The Morgan fingerprint density at radius 1 is 1.45 bits per heavy atom. The van der Waals surface area contributed by atoms with Crippen molar-refractivity contribution in [3.63, 3.8) is 0 Å². The standard InChI is InChI=1S/C9H14O2/c10-8-6-9(11-7-8)4-2-1-3-5-9/h1-2,8,10H,3-7H2. The van der Waals surface area contributed by atoms with Gasteiger partial charge in [-0.25, -0.2) is 0 Å². The van der Waals surface area contributed by atoms with Gasteiger partial charge in [0.15, 0.2) is 0 Å². The summed E-state index contributed by atoms with van der Waals surface area (Å²) in [5, 5.41) is 9.30. The highest BCUT2D eigenvalue weighted by Crippen LogP contribution is 2.36. The zero-order chi connectivity index (χ0) is 7.73. The van der Waals surface area contributed by atoms with E-state index in [0.717, 1.165) is 25.7 Å². The van der Waals surface area contributed by atoms with Gasteiger partial charge in [-0.15, -0.1) is 0 Å². The van der Waals surface area contributed by atoms with Crippen LogP contribution >= 0.6 is 0 Å². The summed E-state index contributed by atoms with van der Waals surface area (Å²) in [5.74, 6) is 0. The van der Waals surface area contributed by atoms with Crippen molar-refractivity contribution in [1.29, 1.82) is 0 Å². The molecule has 2 heteroatoms. The van der Waals surface area contributed by atoms with Crippen LogP contribution in [0.5, 0.6) is 0 Å². The fourth-order valence-electron chi connectivity index (χ4n) is 2.00. The molecule has 1 heterocycles. The van der Waals surface area contributed by atoms with E-state index >= 15 is 0 Å². The first-order valence-electron chi connectivity index (χ1n) is 4.28. The molecule has 0 aromatic rings. The van der Waals surface area contributed by atoms with Crippen LogP contribution in [-0.4, -0.2) is 23.4 Å². The summed E-state index contributed by atoms with van der Waals surface area (Å²) in [6, 6.07) is 0. The molecule has 0 aromatic carbocycles. The van der Waals surface area contributed by atoms with E-state index in [1.54, 1.807) is 0 Å². The minimum absolute atomic E-state index is 0.00810. The maximum absolute atomic E-state index is 9.30. The maximum Gasteiger partial charge on any atom is 0.0801 e. The Morgan fingerprint density at radius 3 is 2.91 bits per heavy atom. The molecule has 1 aliphatic carbocycles. The van der Waals surface area contributed by atoms with Crippen LogP contribution < -0.4 is 0 Å². The number of hydrogen-bond acceptors (Lipinski definition) is 2. The second kappa shape index (κ2) is 2.61. The molecular formula is C9H14O2. The number of rotatable bonds is 0. The Hall–Kier alpha value is -0.340. The van der Waals surface area contributed by atoms with E-state index in [4.69, 9.17) is 4.74 Å². The smallest absolute Gasteiger partial charge is 0.0801 e. The van der Waals surface area contributed by atoms with Crippen LogP contribution in [0.4, 0.5) is 0 Å². The highest BCUT2D eigenvalue weighted by atomic mass is 16.5. The van der Waals surface area contributed by atoms with Crippen molar-refractivity contribution in [1.82, 2.24) is 0 Å². The average Bonchev–Trinajstić information content (AvgIpc) is 2.34. The molecule has 2 aliphatic rings. The highest BCUT2D eigenvalue weighted by Gasteiger charge is 2.38. The van der Waals surface area contributed by atoms with Gasteiger partial charge in [0.2, 0.25) is 0 Å². The molecule has 1 saturated heterocycles. The number of allylic oxidation sites excluding steroid dienone is 1. The molecule has 0 aromatic heterocycles. The van der Waals surface area contributed by atoms with Crippen molar-refractivity contribution in [2.75, 3.05) is 6.61 Å². The summed E-state index contributed by atoms with van der Waals surface area (Å²) in [5.41, 5.74) is 0.00810. The van der Waals surface area contributed by atoms with Crippen LogP contribution in [0.2, 0.25) is 0 Å². The third-order valence-electron chi connectivity index (χ3n) is 2.61. The third kappa shape index (κ3) is 1.33. The predicted molar refractivity (Wildman–Crippen MR) is 42.3 cm³/mol. The predicted octanol–water partition coefficient (Wildman–Crippen LogP) is 1.25. The van der Waals surface area contributed by atoms with E-state index in [9.17, 15) is 5.11 Å². The molecule has 0 bridgehead atoms. The Morgan fingerprint density at radius 2 is 2.36 bits per heavy atom. The lowest BCUT2D eigenvalue weighted by molar-refractivity contribution is -0.00523. The van der Waals surface area contributed by atoms with Gasteiger partial charge in [-0.3, -0.25) is 0 Å². The normalized spacial score (nSPS) is 43.5. The summed E-state index contributed by atoms with van der Waals surface area (Å²) in [6.45, 7) is 0.536. The monoisotopic (exact) mass is 154 g/mol. The third-order valence-corrected chi connectivity index (χ3v) is 2.61. The number of ether oxygens (including phenoxy) is 1. The summed E-state index contributed by atoms with van der Waals surface area (Å²) in [6.07, 6.45) is 8.15. The van der Waals surface area contributed by atoms with Gasteiger partial charge in [0.05, 0.1) is 18.3 Å². The Bertz CT molecular complexity index is 176. The van der Waals surface area contributed by atoms with Gasteiger partial charge in [-0.2, -0.15) is 0 Å². The molecule has 1 aliphatic heterocycles. The van der Waals surface area contributed by atoms with Crippen molar-refractivity contribution < 1.29 is 9.84 Å². The van der Waals surface area contributed by atoms with Gasteiger partial charge in [0.1, 0.15) is 0 Å². The highest BCUT2D eigenvalue weighted by molar-refractivity contribution is 5.02. The molecule has 1 fully saturated rings. The zero-order valence-electron chi connectivity index (χ0n) is 6.62. The van der Waals surface area contributed by atoms with Crippen LogP contribution in [0.25, 0.3) is 0 Å². The molecule has 0 amide bonds. The average molecular weight is 154 g/mol. The van der Waals surface area contributed by atoms with E-state index in [1.807, 2.05) is 0 Å². The molecular weight excluding hydrogens is 140 g/mol. The summed E-state index contributed by atoms with van der Waals surface area (Å²) >= 11 is 0. The summed E-state index contributed by atoms with van der Waals surface area (Å²) in [7, 11) is 0. The zero-order valence-corrected chi connectivity index (χ0v) is 6.62. The van der Waals surface area contributed by atoms with Crippen molar-refractivity contribution in [3.8, 4) is 0 Å². The molecule has 1 N–H and O–H groups in total. The molecule has 1 spiro atoms. The first-order valence-corrected chi connectivity index (χ1v) is 4.28. The van der Waals surface area contributed by atoms with Gasteiger partial charge in [0, 0.05) is 6.42 Å². The van der Waals surface area contributed by atoms with Gasteiger partial charge in [-0.1, -0.05) is 12.2 Å². The van der Waals surface area contributed by atoms with Gasteiger partial charge in [0.25, 0.3) is 0 Å². The van der Waals surface area contributed by atoms with Crippen LogP contribution in [0, 0.1) is 0 Å². The fourth-order valence-corrected chi connectivity index (χ4v) is 2.00. The van der Waals surface area contributed by atoms with E-state index in [0.29, 0.717) is 6.61 Å². The van der Waals surface area contributed by atoms with Crippen molar-refractivity contribution in [2.24, 2.45) is 0 Å². The number of aliphatic hydroxyl groups is 1. The lowest BCUT2D eigenvalue weighted by atomic mass is 9.86. The Balaban J connectivity index is 2.05. The minimum Gasteiger partial charge on any atom is -0.391 e. The van der Waals surface area contributed by atoms with E-state index in [1.165, 1.54) is 0 Å². The van der Waals surface area contributed by atoms with Crippen LogP contribution in [-0.2, 0) is 4.74 Å². The second-order valence-corrected chi connectivity index (χ2v) is 3.57. The molecule has 2 atom stereocenters. The van der Waals surface area contributed by atoms with Crippen molar-refractivity contribution in [2.45, 2.75) is 37.4 Å². The first kappa shape index (κ1) is 7.32. The minimum atomic E-state index is -0.221. The fraction of sp³-hybridized carbons (Fsp3) is 0.778. The molecule has 62 valence electrons. The van der Waals surface area contributed by atoms with Gasteiger partial charge in [-0.05, 0) is 19.3 Å². The van der Waals surface area contributed by atoms with Gasteiger partial charge >= 0.3 is 0 Å². The van der Waals surface area contributed by atoms with Crippen molar-refractivity contribution in [3.05, 3.63) is 12.2 Å². The molecule has 2 nitrogen and oxygen atoms in total. The molecule has 2 rings (SSSR count). The lowest BCUT2D eigenvalue weighted by Gasteiger charge is -2.28. The maximum atomic E-state index is 9.30.